The van der Waals surface area contributed by atoms with Crippen LogP contribution in [0.15, 0.2) is 18.2 Å². The standard InChI is InChI=1S/C13H6Cl3FN2S/c1-5-8(17)3-2-6-10(5)18-13(19-11(6)15)7-4-9(14)20-12(7)16/h2-4H,1H3. The fourth-order valence-electron chi connectivity index (χ4n) is 1.88. The molecule has 0 atom stereocenters. The minimum atomic E-state index is -0.340. The van der Waals surface area contributed by atoms with Crippen molar-refractivity contribution in [3.05, 3.63) is 43.4 Å². The predicted octanol–water partition coefficient (Wildman–Crippen LogP) is 5.77. The lowest BCUT2D eigenvalue weighted by Crippen LogP contribution is -1.95. The molecule has 0 saturated carbocycles. The number of thiophene rings is 1. The molecular formula is C13H6Cl3FN2S. The molecule has 0 saturated heterocycles. The summed E-state index contributed by atoms with van der Waals surface area (Å²) in [5.74, 6) is -0.00276. The molecule has 0 unspecified atom stereocenters. The van der Waals surface area contributed by atoms with Gasteiger partial charge < -0.3 is 0 Å². The molecule has 7 heteroatoms. The van der Waals surface area contributed by atoms with Gasteiger partial charge in [-0.1, -0.05) is 34.8 Å². The van der Waals surface area contributed by atoms with Crippen LogP contribution in [0, 0.1) is 12.7 Å². The maximum absolute atomic E-state index is 13.6. The van der Waals surface area contributed by atoms with Crippen LogP contribution in [-0.4, -0.2) is 9.97 Å². The minimum absolute atomic E-state index is 0.256. The zero-order valence-electron chi connectivity index (χ0n) is 10.0. The number of rotatable bonds is 1. The van der Waals surface area contributed by atoms with E-state index in [4.69, 9.17) is 34.8 Å². The summed E-state index contributed by atoms with van der Waals surface area (Å²) in [4.78, 5) is 8.58. The van der Waals surface area contributed by atoms with Gasteiger partial charge in [0.1, 0.15) is 15.3 Å². The molecule has 0 spiro atoms. The summed E-state index contributed by atoms with van der Waals surface area (Å²) in [6.07, 6.45) is 0. The monoisotopic (exact) mass is 346 g/mol. The number of aromatic nitrogens is 2. The van der Waals surface area contributed by atoms with E-state index in [1.165, 1.54) is 17.4 Å². The lowest BCUT2D eigenvalue weighted by molar-refractivity contribution is 0.620. The largest absolute Gasteiger partial charge is 0.227 e. The van der Waals surface area contributed by atoms with Crippen LogP contribution in [0.5, 0.6) is 0 Å². The van der Waals surface area contributed by atoms with Crippen molar-refractivity contribution in [3.8, 4) is 11.4 Å². The van der Waals surface area contributed by atoms with E-state index in [0.29, 0.717) is 36.5 Å². The average Bonchev–Trinajstić information content (AvgIpc) is 2.73. The highest BCUT2D eigenvalue weighted by Gasteiger charge is 2.15. The molecule has 0 fully saturated rings. The second-order valence-electron chi connectivity index (χ2n) is 4.14. The quantitative estimate of drug-likeness (QED) is 0.522. The van der Waals surface area contributed by atoms with Gasteiger partial charge in [0.25, 0.3) is 0 Å². The van der Waals surface area contributed by atoms with E-state index >= 15 is 0 Å². The maximum Gasteiger partial charge on any atom is 0.163 e. The Morgan fingerprint density at radius 1 is 1.15 bits per heavy atom. The van der Waals surface area contributed by atoms with Crippen molar-refractivity contribution in [2.75, 3.05) is 0 Å². The second kappa shape index (κ2) is 5.11. The van der Waals surface area contributed by atoms with Gasteiger partial charge in [-0.25, -0.2) is 14.4 Å². The second-order valence-corrected chi connectivity index (χ2v) is 6.79. The maximum atomic E-state index is 13.6. The van der Waals surface area contributed by atoms with Crippen molar-refractivity contribution in [2.45, 2.75) is 6.92 Å². The number of halogens is 4. The van der Waals surface area contributed by atoms with E-state index in [1.54, 1.807) is 19.1 Å². The first-order valence-electron chi connectivity index (χ1n) is 5.55. The van der Waals surface area contributed by atoms with Crippen molar-refractivity contribution in [3.63, 3.8) is 0 Å². The summed E-state index contributed by atoms with van der Waals surface area (Å²) in [6.45, 7) is 1.65. The van der Waals surface area contributed by atoms with Gasteiger partial charge in [0.05, 0.1) is 15.4 Å². The first kappa shape index (κ1) is 14.0. The van der Waals surface area contributed by atoms with Crippen molar-refractivity contribution in [1.82, 2.24) is 9.97 Å². The molecule has 2 aromatic heterocycles. The predicted molar refractivity (Wildman–Crippen MR) is 82.6 cm³/mol. The summed E-state index contributed by atoms with van der Waals surface area (Å²) in [5, 5.41) is 0.859. The summed E-state index contributed by atoms with van der Waals surface area (Å²) in [7, 11) is 0. The van der Waals surface area contributed by atoms with Crippen molar-refractivity contribution < 1.29 is 4.39 Å². The summed E-state index contributed by atoms with van der Waals surface area (Å²) >= 11 is 19.4. The molecule has 0 aliphatic heterocycles. The van der Waals surface area contributed by atoms with Gasteiger partial charge in [-0.2, -0.15) is 0 Å². The molecule has 0 bridgehead atoms. The fourth-order valence-corrected chi connectivity index (χ4v) is 3.57. The van der Waals surface area contributed by atoms with E-state index < -0.39 is 0 Å². The molecule has 3 rings (SSSR count). The van der Waals surface area contributed by atoms with Crippen LogP contribution < -0.4 is 0 Å². The Hall–Kier alpha value is -0.940. The highest BCUT2D eigenvalue weighted by atomic mass is 35.5. The van der Waals surface area contributed by atoms with Crippen LogP contribution in [0.3, 0.4) is 0 Å². The third kappa shape index (κ3) is 2.27. The number of hydrogen-bond donors (Lipinski definition) is 0. The number of nitrogens with zero attached hydrogens (tertiary/aromatic N) is 2. The van der Waals surface area contributed by atoms with E-state index in [2.05, 4.69) is 9.97 Å². The van der Waals surface area contributed by atoms with Crippen LogP contribution in [-0.2, 0) is 0 Å². The van der Waals surface area contributed by atoms with E-state index in [1.807, 2.05) is 0 Å². The van der Waals surface area contributed by atoms with Crippen LogP contribution in [0.2, 0.25) is 13.8 Å². The lowest BCUT2D eigenvalue weighted by Gasteiger charge is -2.06. The molecule has 0 aliphatic rings. The zero-order valence-corrected chi connectivity index (χ0v) is 13.1. The molecule has 3 aromatic rings. The topological polar surface area (TPSA) is 25.8 Å². The third-order valence-electron chi connectivity index (χ3n) is 2.91. The number of benzene rings is 1. The summed E-state index contributed by atoms with van der Waals surface area (Å²) < 4.78 is 14.6. The Labute approximate surface area is 133 Å². The number of hydrogen-bond acceptors (Lipinski definition) is 3. The minimum Gasteiger partial charge on any atom is -0.227 e. The normalized spacial score (nSPS) is 11.2. The van der Waals surface area contributed by atoms with Crippen LogP contribution >= 0.6 is 46.1 Å². The molecule has 0 N–H and O–H groups in total. The van der Waals surface area contributed by atoms with Crippen LogP contribution in [0.25, 0.3) is 22.3 Å². The summed E-state index contributed by atoms with van der Waals surface area (Å²) in [6, 6.07) is 4.58. The molecule has 1 aromatic carbocycles. The Kier molecular flexibility index (Phi) is 3.58. The van der Waals surface area contributed by atoms with Crippen LogP contribution in [0.1, 0.15) is 5.56 Å². The van der Waals surface area contributed by atoms with Gasteiger partial charge in [-0.15, -0.1) is 11.3 Å². The Morgan fingerprint density at radius 3 is 2.55 bits per heavy atom. The van der Waals surface area contributed by atoms with E-state index in [9.17, 15) is 4.39 Å². The Bertz CT molecular complexity index is 832. The zero-order chi connectivity index (χ0) is 14.4. The van der Waals surface area contributed by atoms with Crippen molar-refractivity contribution in [1.29, 1.82) is 0 Å². The van der Waals surface area contributed by atoms with Crippen molar-refractivity contribution >= 4 is 57.0 Å². The number of fused-ring (bicyclic) bond motifs is 1. The highest BCUT2D eigenvalue weighted by Crippen LogP contribution is 2.38. The van der Waals surface area contributed by atoms with Gasteiger partial charge in [-0.3, -0.25) is 0 Å². The molecular weight excluding hydrogens is 342 g/mol. The Morgan fingerprint density at radius 2 is 1.90 bits per heavy atom. The third-order valence-corrected chi connectivity index (χ3v) is 4.68. The van der Waals surface area contributed by atoms with Gasteiger partial charge in [0, 0.05) is 10.9 Å². The molecule has 2 heterocycles. The molecule has 102 valence electrons. The number of aryl methyl sites for hydroxylation is 1. The van der Waals surface area contributed by atoms with Gasteiger partial charge in [0.2, 0.25) is 0 Å². The smallest absolute Gasteiger partial charge is 0.163 e. The van der Waals surface area contributed by atoms with Crippen LogP contribution in [0.4, 0.5) is 4.39 Å². The van der Waals surface area contributed by atoms with Gasteiger partial charge in [0.15, 0.2) is 5.82 Å². The summed E-state index contributed by atoms with van der Waals surface area (Å²) in [5.41, 5.74) is 1.48. The molecule has 20 heavy (non-hydrogen) atoms. The Balaban J connectivity index is 2.34. The van der Waals surface area contributed by atoms with E-state index in [0.717, 1.165) is 0 Å². The van der Waals surface area contributed by atoms with Gasteiger partial charge >= 0.3 is 0 Å². The fraction of sp³-hybridized carbons (Fsp3) is 0.0769. The molecule has 0 amide bonds. The first-order valence-corrected chi connectivity index (χ1v) is 7.50. The van der Waals surface area contributed by atoms with Crippen molar-refractivity contribution in [2.24, 2.45) is 0 Å². The highest BCUT2D eigenvalue weighted by molar-refractivity contribution is 7.20. The van der Waals surface area contributed by atoms with E-state index in [-0.39, 0.29) is 11.0 Å². The SMILES string of the molecule is Cc1c(F)ccc2c(Cl)nc(-c3cc(Cl)sc3Cl)nc12. The molecule has 2 nitrogen and oxygen atoms in total. The first-order chi connectivity index (χ1) is 9.47. The van der Waals surface area contributed by atoms with Gasteiger partial charge in [-0.05, 0) is 25.1 Å². The molecule has 0 radical (unpaired) electrons. The average molecular weight is 348 g/mol. The molecule has 0 aliphatic carbocycles. The lowest BCUT2D eigenvalue weighted by atomic mass is 10.1.